The van der Waals surface area contributed by atoms with E-state index in [9.17, 15) is 20.2 Å². The molecule has 6 aromatic rings. The average molecular weight is 736 g/mol. The molecular formula is C44H35BrN2O4. The molecule has 0 saturated heterocycles. The van der Waals surface area contributed by atoms with Crippen LogP contribution < -0.4 is 0 Å². The van der Waals surface area contributed by atoms with Crippen molar-refractivity contribution in [3.8, 4) is 22.3 Å². The minimum absolute atomic E-state index is 0.103. The van der Waals surface area contributed by atoms with E-state index in [1.165, 1.54) is 70.1 Å². The van der Waals surface area contributed by atoms with Gasteiger partial charge in [-0.1, -0.05) is 126 Å². The second-order valence-corrected chi connectivity index (χ2v) is 13.3. The first-order chi connectivity index (χ1) is 24.7. The molecule has 0 saturated carbocycles. The Labute approximate surface area is 305 Å². The van der Waals surface area contributed by atoms with Crippen molar-refractivity contribution >= 4 is 45.5 Å². The van der Waals surface area contributed by atoms with Crippen molar-refractivity contribution in [1.29, 1.82) is 0 Å². The Balaban J connectivity index is 0.000000148. The van der Waals surface area contributed by atoms with Gasteiger partial charge in [0.05, 0.1) is 9.85 Å². The highest BCUT2D eigenvalue weighted by Gasteiger charge is 2.13. The Morgan fingerprint density at radius 3 is 1.37 bits per heavy atom. The summed E-state index contributed by atoms with van der Waals surface area (Å²) in [4.78, 5) is 20.9. The van der Waals surface area contributed by atoms with E-state index in [4.69, 9.17) is 0 Å². The van der Waals surface area contributed by atoms with Crippen molar-refractivity contribution in [2.24, 2.45) is 0 Å². The Bertz CT molecular complexity index is 2280. The number of fused-ring (bicyclic) bond motifs is 2. The molecule has 6 aromatic carbocycles. The van der Waals surface area contributed by atoms with Crippen LogP contribution in [0.4, 0.5) is 11.4 Å². The molecule has 2 aliphatic carbocycles. The molecule has 0 unspecified atom stereocenters. The molecule has 0 bridgehead atoms. The van der Waals surface area contributed by atoms with Gasteiger partial charge in [0.2, 0.25) is 0 Å². The van der Waals surface area contributed by atoms with Crippen LogP contribution in [0.25, 0.3) is 40.5 Å². The predicted molar refractivity (Wildman–Crippen MR) is 211 cm³/mol. The molecule has 252 valence electrons. The number of rotatable bonds is 7. The fourth-order valence-electron chi connectivity index (χ4n) is 5.94. The average Bonchev–Trinajstić information content (AvgIpc) is 3.14. The zero-order valence-electron chi connectivity index (χ0n) is 27.9. The number of nitro groups is 2. The van der Waals surface area contributed by atoms with Crippen molar-refractivity contribution in [3.05, 3.63) is 204 Å². The summed E-state index contributed by atoms with van der Waals surface area (Å²) < 4.78 is 1.21. The van der Waals surface area contributed by atoms with Crippen molar-refractivity contribution in [1.82, 2.24) is 0 Å². The molecule has 0 amide bonds. The number of aryl methyl sites for hydroxylation is 4. The third-order valence-corrected chi connectivity index (χ3v) is 9.48. The van der Waals surface area contributed by atoms with E-state index in [1.807, 2.05) is 54.6 Å². The molecule has 51 heavy (non-hydrogen) atoms. The quantitative estimate of drug-likeness (QED) is 0.0928. The van der Waals surface area contributed by atoms with Crippen LogP contribution in [0.3, 0.4) is 0 Å². The van der Waals surface area contributed by atoms with Gasteiger partial charge < -0.3 is 0 Å². The predicted octanol–water partition coefficient (Wildman–Crippen LogP) is 12.0. The third kappa shape index (κ3) is 9.01. The van der Waals surface area contributed by atoms with E-state index in [0.29, 0.717) is 0 Å². The molecule has 2 aliphatic rings. The van der Waals surface area contributed by atoms with Crippen molar-refractivity contribution in [2.45, 2.75) is 25.7 Å². The molecule has 6 nitrogen and oxygen atoms in total. The second kappa shape index (κ2) is 16.2. The highest BCUT2D eigenvalue weighted by Crippen LogP contribution is 2.28. The van der Waals surface area contributed by atoms with Crippen molar-refractivity contribution in [2.75, 3.05) is 0 Å². The fraction of sp³-hybridized carbons (Fsp3) is 0.0909. The third-order valence-electron chi connectivity index (χ3n) is 8.98. The van der Waals surface area contributed by atoms with E-state index < -0.39 is 0 Å². The normalized spacial score (nSPS) is 12.0. The molecular weight excluding hydrogens is 700 g/mol. The van der Waals surface area contributed by atoms with Crippen LogP contribution in [0.2, 0.25) is 0 Å². The number of benzene rings is 6. The maximum Gasteiger partial charge on any atom is 0.270 e. The molecule has 0 aromatic heterocycles. The standard InChI is InChI=1S/C22H17NO2.C14H11NO2.C8H7Br/c24-23(25)22-6-2-5-20(15-22)19-4-1-3-16(13-19)7-8-17-9-10-18-11-12-21(18)14-17;1-2-11-5-3-6-12(9-11)13-7-4-8-14(10-13)15(16)17;9-8-4-3-6-1-2-7(6)5-8/h1-10,13-15H,11-12H2;2-10H,1H2;3-5H,1-2H2/b8-7+;;. The molecule has 0 fully saturated rings. The molecule has 0 N–H and O–H groups in total. The monoisotopic (exact) mass is 734 g/mol. The number of hydrogen-bond donors (Lipinski definition) is 0. The summed E-state index contributed by atoms with van der Waals surface area (Å²) in [5.74, 6) is 0. The number of halogens is 1. The van der Waals surface area contributed by atoms with Gasteiger partial charge in [-0.2, -0.15) is 0 Å². The van der Waals surface area contributed by atoms with Gasteiger partial charge in [0.1, 0.15) is 0 Å². The van der Waals surface area contributed by atoms with Gasteiger partial charge >= 0.3 is 0 Å². The molecule has 7 heteroatoms. The zero-order valence-corrected chi connectivity index (χ0v) is 29.5. The maximum absolute atomic E-state index is 11.0. The van der Waals surface area contributed by atoms with Crippen LogP contribution in [-0.2, 0) is 25.7 Å². The van der Waals surface area contributed by atoms with Gasteiger partial charge in [-0.25, -0.2) is 0 Å². The Kier molecular flexibility index (Phi) is 11.1. The number of nitro benzene ring substituents is 2. The van der Waals surface area contributed by atoms with Crippen LogP contribution in [0.5, 0.6) is 0 Å². The highest BCUT2D eigenvalue weighted by molar-refractivity contribution is 9.10. The van der Waals surface area contributed by atoms with Crippen molar-refractivity contribution in [3.63, 3.8) is 0 Å². The van der Waals surface area contributed by atoms with Crippen LogP contribution >= 0.6 is 15.9 Å². The van der Waals surface area contributed by atoms with Gasteiger partial charge in [-0.05, 0) is 111 Å². The number of nitrogens with zero attached hydrogens (tertiary/aromatic N) is 2. The lowest BCUT2D eigenvalue weighted by Crippen LogP contribution is -2.07. The van der Waals surface area contributed by atoms with Crippen LogP contribution in [0.15, 0.2) is 145 Å². The summed E-state index contributed by atoms with van der Waals surface area (Å²) in [6.07, 6.45) is 10.9. The molecule has 0 spiro atoms. The Morgan fingerprint density at radius 1 is 0.490 bits per heavy atom. The van der Waals surface area contributed by atoms with Crippen LogP contribution in [0, 0.1) is 20.2 Å². The van der Waals surface area contributed by atoms with E-state index in [1.54, 1.807) is 30.3 Å². The van der Waals surface area contributed by atoms with Gasteiger partial charge in [-0.3, -0.25) is 20.2 Å². The lowest BCUT2D eigenvalue weighted by Gasteiger charge is -2.18. The minimum Gasteiger partial charge on any atom is -0.258 e. The van der Waals surface area contributed by atoms with Crippen LogP contribution in [-0.4, -0.2) is 9.85 Å². The number of non-ortho nitro benzene ring substituents is 2. The molecule has 8 rings (SSSR count). The van der Waals surface area contributed by atoms with Crippen molar-refractivity contribution < 1.29 is 9.85 Å². The smallest absolute Gasteiger partial charge is 0.258 e. The largest absolute Gasteiger partial charge is 0.270 e. The first kappa shape index (κ1) is 34.9. The molecule has 0 aliphatic heterocycles. The fourth-order valence-corrected chi connectivity index (χ4v) is 6.35. The van der Waals surface area contributed by atoms with Gasteiger partial charge in [-0.15, -0.1) is 0 Å². The summed E-state index contributed by atoms with van der Waals surface area (Å²) in [7, 11) is 0. The van der Waals surface area contributed by atoms with Gasteiger partial charge in [0.25, 0.3) is 11.4 Å². The van der Waals surface area contributed by atoms with E-state index in [2.05, 4.69) is 77.1 Å². The van der Waals surface area contributed by atoms with Gasteiger partial charge in [0, 0.05) is 28.7 Å². The summed E-state index contributed by atoms with van der Waals surface area (Å²) >= 11 is 3.43. The second-order valence-electron chi connectivity index (χ2n) is 12.3. The van der Waals surface area contributed by atoms with E-state index in [-0.39, 0.29) is 21.2 Å². The molecule has 0 radical (unpaired) electrons. The topological polar surface area (TPSA) is 86.3 Å². The molecule has 0 atom stereocenters. The maximum atomic E-state index is 11.0. The van der Waals surface area contributed by atoms with E-state index >= 15 is 0 Å². The Hall–Kier alpha value is -5.92. The summed E-state index contributed by atoms with van der Waals surface area (Å²) in [5.41, 5.74) is 13.1. The Morgan fingerprint density at radius 2 is 0.922 bits per heavy atom. The zero-order chi connectivity index (χ0) is 35.7. The van der Waals surface area contributed by atoms with E-state index in [0.717, 1.165) is 33.4 Å². The van der Waals surface area contributed by atoms with Gasteiger partial charge in [0.15, 0.2) is 0 Å². The molecule has 0 heterocycles. The first-order valence-corrected chi connectivity index (χ1v) is 17.4. The summed E-state index contributed by atoms with van der Waals surface area (Å²) in [6, 6.07) is 42.2. The summed E-state index contributed by atoms with van der Waals surface area (Å²) in [5, 5.41) is 21.7. The first-order valence-electron chi connectivity index (χ1n) is 16.6. The number of hydrogen-bond acceptors (Lipinski definition) is 4. The van der Waals surface area contributed by atoms with Crippen LogP contribution in [0.1, 0.15) is 38.9 Å². The highest BCUT2D eigenvalue weighted by atomic mass is 79.9. The summed E-state index contributed by atoms with van der Waals surface area (Å²) in [6.45, 7) is 3.70. The lowest BCUT2D eigenvalue weighted by molar-refractivity contribution is -0.385. The lowest BCUT2D eigenvalue weighted by atomic mass is 9.87. The minimum atomic E-state index is -0.388. The SMILES string of the molecule is Brc1ccc2c(c1)CC2.C=Cc1cccc(-c2cccc([N+](=O)[O-])c2)c1.O=[N+]([O-])c1cccc(-c2cccc(/C=C/c3ccc4c(c3)CC4)c2)c1.